The van der Waals surface area contributed by atoms with Gasteiger partial charge in [-0.2, -0.15) is 0 Å². The van der Waals surface area contributed by atoms with Gasteiger partial charge in [0.15, 0.2) is 0 Å². The fourth-order valence-electron chi connectivity index (χ4n) is 7.90. The third-order valence-electron chi connectivity index (χ3n) is 8.18. The molecule has 0 aromatic carbocycles. The molecule has 4 bridgehead atoms. The van der Waals surface area contributed by atoms with E-state index in [2.05, 4.69) is 0 Å². The lowest BCUT2D eigenvalue weighted by molar-refractivity contribution is -0.190. The van der Waals surface area contributed by atoms with Crippen LogP contribution < -0.4 is 0 Å². The van der Waals surface area contributed by atoms with Crippen molar-refractivity contribution in [3.05, 3.63) is 0 Å². The van der Waals surface area contributed by atoms with Crippen LogP contribution in [0.4, 0.5) is 0 Å². The maximum Gasteiger partial charge on any atom is 0.309 e. The molecule has 120 valence electrons. The van der Waals surface area contributed by atoms with E-state index < -0.39 is 0 Å². The molecule has 5 rings (SSSR count). The molecular formula is C18H24O4. The minimum absolute atomic E-state index is 0.191. The van der Waals surface area contributed by atoms with Gasteiger partial charge in [0.25, 0.3) is 0 Å². The normalized spacial score (nSPS) is 56.3. The molecule has 0 spiro atoms. The molecule has 6 unspecified atom stereocenters. The van der Waals surface area contributed by atoms with Crippen molar-refractivity contribution in [2.75, 3.05) is 14.2 Å². The molecule has 5 aliphatic rings. The van der Waals surface area contributed by atoms with Crippen LogP contribution in [0.2, 0.25) is 0 Å². The maximum atomic E-state index is 12.3. The molecule has 0 aromatic rings. The summed E-state index contributed by atoms with van der Waals surface area (Å²) in [6.07, 6.45) is 5.46. The molecule has 0 saturated heterocycles. The summed E-state index contributed by atoms with van der Waals surface area (Å²) in [6, 6.07) is 0. The van der Waals surface area contributed by atoms with Crippen LogP contribution in [0.1, 0.15) is 25.7 Å². The summed E-state index contributed by atoms with van der Waals surface area (Å²) in [4.78, 5) is 24.5. The van der Waals surface area contributed by atoms with Gasteiger partial charge in [-0.15, -0.1) is 0 Å². The van der Waals surface area contributed by atoms with Gasteiger partial charge in [-0.05, 0) is 73.0 Å². The number of fused-ring (bicyclic) bond motifs is 12. The quantitative estimate of drug-likeness (QED) is 0.579. The van der Waals surface area contributed by atoms with Gasteiger partial charge in [0.05, 0.1) is 26.1 Å². The third kappa shape index (κ3) is 1.32. The average Bonchev–Trinajstić information content (AvgIpc) is 3.23. The fourth-order valence-corrected chi connectivity index (χ4v) is 7.90. The van der Waals surface area contributed by atoms with E-state index in [4.69, 9.17) is 9.47 Å². The van der Waals surface area contributed by atoms with Crippen LogP contribution in [0.3, 0.4) is 0 Å². The number of ether oxygens (including phenoxy) is 2. The Morgan fingerprint density at radius 1 is 0.727 bits per heavy atom. The summed E-state index contributed by atoms with van der Waals surface area (Å²) in [7, 11) is 2.88. The smallest absolute Gasteiger partial charge is 0.309 e. The van der Waals surface area contributed by atoms with Gasteiger partial charge in [0, 0.05) is 0 Å². The van der Waals surface area contributed by atoms with Gasteiger partial charge < -0.3 is 9.47 Å². The second-order valence-electron chi connectivity index (χ2n) is 8.30. The molecular weight excluding hydrogens is 280 g/mol. The topological polar surface area (TPSA) is 52.6 Å². The Morgan fingerprint density at radius 2 is 1.18 bits per heavy atom. The number of esters is 2. The molecule has 4 nitrogen and oxygen atoms in total. The number of hydrogen-bond acceptors (Lipinski definition) is 4. The van der Waals surface area contributed by atoms with Gasteiger partial charge >= 0.3 is 11.9 Å². The van der Waals surface area contributed by atoms with E-state index in [1.807, 2.05) is 0 Å². The lowest BCUT2D eigenvalue weighted by Gasteiger charge is -2.55. The highest BCUT2D eigenvalue weighted by molar-refractivity contribution is 5.85. The van der Waals surface area contributed by atoms with Crippen LogP contribution in [0.25, 0.3) is 0 Å². The van der Waals surface area contributed by atoms with E-state index in [-0.39, 0.29) is 23.8 Å². The van der Waals surface area contributed by atoms with E-state index in [9.17, 15) is 9.59 Å². The summed E-state index contributed by atoms with van der Waals surface area (Å²) in [5, 5.41) is 0. The molecule has 10 atom stereocenters. The Kier molecular flexibility index (Phi) is 2.60. The van der Waals surface area contributed by atoms with Gasteiger partial charge in [0.1, 0.15) is 0 Å². The molecule has 22 heavy (non-hydrogen) atoms. The Morgan fingerprint density at radius 3 is 1.59 bits per heavy atom. The van der Waals surface area contributed by atoms with Crippen molar-refractivity contribution in [1.29, 1.82) is 0 Å². The largest absolute Gasteiger partial charge is 0.469 e. The van der Waals surface area contributed by atoms with Gasteiger partial charge in [0.2, 0.25) is 0 Å². The zero-order chi connectivity index (χ0) is 15.2. The molecule has 0 radical (unpaired) electrons. The van der Waals surface area contributed by atoms with Crippen molar-refractivity contribution in [2.24, 2.45) is 59.2 Å². The highest BCUT2D eigenvalue weighted by Crippen LogP contribution is 2.76. The second kappa shape index (κ2) is 4.27. The number of hydrogen-bond donors (Lipinski definition) is 0. The van der Waals surface area contributed by atoms with E-state index in [0.717, 1.165) is 23.7 Å². The van der Waals surface area contributed by atoms with Crippen molar-refractivity contribution >= 4 is 11.9 Å². The van der Waals surface area contributed by atoms with E-state index in [1.54, 1.807) is 0 Å². The Labute approximate surface area is 130 Å². The third-order valence-corrected chi connectivity index (χ3v) is 8.18. The van der Waals surface area contributed by atoms with Crippen molar-refractivity contribution in [2.45, 2.75) is 25.7 Å². The lowest BCUT2D eigenvalue weighted by atomic mass is 9.47. The first-order valence-electron chi connectivity index (χ1n) is 8.83. The molecule has 0 N–H and O–H groups in total. The SMILES string of the molecule is COC(=O)C1C(C(=O)OC)C2C1[C@H]1C[C@@H]2C2C1[C@@H]1CC[C@H]2C1. The van der Waals surface area contributed by atoms with Gasteiger partial charge in [-0.1, -0.05) is 0 Å². The predicted molar refractivity (Wildman–Crippen MR) is 77.4 cm³/mol. The predicted octanol–water partition coefficient (Wildman–Crippen LogP) is 2.12. The molecule has 0 aromatic heterocycles. The molecule has 0 aliphatic heterocycles. The first-order chi connectivity index (χ1) is 10.7. The fraction of sp³-hybridized carbons (Fsp3) is 0.889. The summed E-state index contributed by atoms with van der Waals surface area (Å²) in [6.45, 7) is 0. The summed E-state index contributed by atoms with van der Waals surface area (Å²) < 4.78 is 10.0. The van der Waals surface area contributed by atoms with E-state index >= 15 is 0 Å². The summed E-state index contributed by atoms with van der Waals surface area (Å²) in [5.41, 5.74) is 0. The van der Waals surface area contributed by atoms with Crippen LogP contribution in [0, 0.1) is 59.2 Å². The van der Waals surface area contributed by atoms with Gasteiger partial charge in [-0.25, -0.2) is 0 Å². The van der Waals surface area contributed by atoms with Crippen LogP contribution in [-0.2, 0) is 19.1 Å². The van der Waals surface area contributed by atoms with Crippen LogP contribution in [-0.4, -0.2) is 26.2 Å². The molecule has 4 heteroatoms. The van der Waals surface area contributed by atoms with Crippen LogP contribution >= 0.6 is 0 Å². The summed E-state index contributed by atoms with van der Waals surface area (Å²) >= 11 is 0. The first kappa shape index (κ1) is 13.4. The highest BCUT2D eigenvalue weighted by Gasteiger charge is 2.75. The molecule has 0 heterocycles. The molecule has 5 aliphatic carbocycles. The Balaban J connectivity index is 1.50. The standard InChI is InChI=1S/C18H24O4/c1-21-17(19)15-13-9-6-10(14(13)16(15)18(20)22-2)12-8-4-3-7(5-8)11(9)12/h7-16H,3-6H2,1-2H3/t7-,8+,9+,10-,11?,12?,13?,14?,15?,16?. The Hall–Kier alpha value is -1.06. The minimum Gasteiger partial charge on any atom is -0.469 e. The average molecular weight is 304 g/mol. The summed E-state index contributed by atoms with van der Waals surface area (Å²) in [5.74, 6) is 4.75. The molecule has 5 fully saturated rings. The van der Waals surface area contributed by atoms with Gasteiger partial charge in [-0.3, -0.25) is 9.59 Å². The van der Waals surface area contributed by atoms with Crippen molar-refractivity contribution in [3.63, 3.8) is 0 Å². The Bertz CT molecular complexity index is 497. The number of rotatable bonds is 2. The van der Waals surface area contributed by atoms with Crippen LogP contribution in [0.15, 0.2) is 0 Å². The first-order valence-corrected chi connectivity index (χ1v) is 8.83. The van der Waals surface area contributed by atoms with Crippen molar-refractivity contribution in [1.82, 2.24) is 0 Å². The van der Waals surface area contributed by atoms with Crippen molar-refractivity contribution < 1.29 is 19.1 Å². The molecule has 0 amide bonds. The van der Waals surface area contributed by atoms with E-state index in [0.29, 0.717) is 23.7 Å². The lowest BCUT2D eigenvalue weighted by Crippen LogP contribution is -2.60. The minimum atomic E-state index is -0.238. The number of carbonyl (C=O) groups is 2. The zero-order valence-corrected chi connectivity index (χ0v) is 13.2. The maximum absolute atomic E-state index is 12.3. The highest BCUT2D eigenvalue weighted by atomic mass is 16.5. The number of methoxy groups -OCH3 is 2. The number of carbonyl (C=O) groups excluding carboxylic acids is 2. The van der Waals surface area contributed by atoms with E-state index in [1.165, 1.54) is 39.9 Å². The second-order valence-corrected chi connectivity index (χ2v) is 8.30. The van der Waals surface area contributed by atoms with Crippen LogP contribution in [0.5, 0.6) is 0 Å². The monoisotopic (exact) mass is 304 g/mol. The zero-order valence-electron chi connectivity index (χ0n) is 13.2. The molecule has 5 saturated carbocycles. The van der Waals surface area contributed by atoms with Crippen molar-refractivity contribution in [3.8, 4) is 0 Å².